The fourth-order valence-electron chi connectivity index (χ4n) is 1.56. The number of rotatable bonds is 3. The van der Waals surface area contributed by atoms with Crippen molar-refractivity contribution in [1.29, 1.82) is 0 Å². The van der Waals surface area contributed by atoms with E-state index >= 15 is 0 Å². The molecular weight excluding hydrogens is 245 g/mol. The zero-order chi connectivity index (χ0) is 13.2. The highest BCUT2D eigenvalue weighted by Gasteiger charge is 2.27. The van der Waals surface area contributed by atoms with Crippen molar-refractivity contribution < 1.29 is 17.9 Å². The van der Waals surface area contributed by atoms with Crippen molar-refractivity contribution >= 4 is 16.6 Å². The van der Waals surface area contributed by atoms with Crippen molar-refractivity contribution in [2.45, 2.75) is 12.6 Å². The summed E-state index contributed by atoms with van der Waals surface area (Å²) in [5.41, 5.74) is 6.53. The third-order valence-electron chi connectivity index (χ3n) is 2.39. The van der Waals surface area contributed by atoms with Crippen LogP contribution in [0.5, 0.6) is 5.75 Å². The van der Waals surface area contributed by atoms with Crippen molar-refractivity contribution in [2.24, 2.45) is 0 Å². The topological polar surface area (TPSA) is 48.1 Å². The van der Waals surface area contributed by atoms with Gasteiger partial charge >= 0.3 is 6.18 Å². The smallest absolute Gasteiger partial charge is 0.392 e. The predicted molar refractivity (Wildman–Crippen MR) is 62.3 cm³/mol. The lowest BCUT2D eigenvalue weighted by Gasteiger charge is -2.12. The van der Waals surface area contributed by atoms with E-state index in [4.69, 9.17) is 10.5 Å². The molecular formula is C12H11F3N2O. The van der Waals surface area contributed by atoms with E-state index in [1.807, 2.05) is 0 Å². The first-order valence-electron chi connectivity index (χ1n) is 5.30. The maximum Gasteiger partial charge on any atom is 0.392 e. The standard InChI is InChI=1S/C12H11F3N2O/c13-12(14,15)5-6-18-11-8-3-1-2-4-10(8)17-7-9(11)16/h1-4,7H,5-6,16H2. The summed E-state index contributed by atoms with van der Waals surface area (Å²) < 4.78 is 41.3. The van der Waals surface area contributed by atoms with E-state index in [0.717, 1.165) is 0 Å². The first-order chi connectivity index (χ1) is 8.47. The summed E-state index contributed by atoms with van der Waals surface area (Å²) in [4.78, 5) is 4.07. The number of hydrogen-bond donors (Lipinski definition) is 1. The number of anilines is 1. The Hall–Kier alpha value is -1.98. The third kappa shape index (κ3) is 2.82. The Morgan fingerprint density at radius 1 is 1.22 bits per heavy atom. The van der Waals surface area contributed by atoms with E-state index < -0.39 is 19.2 Å². The third-order valence-corrected chi connectivity index (χ3v) is 2.39. The maximum absolute atomic E-state index is 12.0. The number of pyridine rings is 1. The normalized spacial score (nSPS) is 11.7. The van der Waals surface area contributed by atoms with Crippen LogP contribution in [0.4, 0.5) is 18.9 Å². The molecule has 0 fully saturated rings. The highest BCUT2D eigenvalue weighted by molar-refractivity contribution is 5.89. The van der Waals surface area contributed by atoms with Crippen LogP contribution in [0, 0.1) is 0 Å². The van der Waals surface area contributed by atoms with Crippen molar-refractivity contribution in [3.8, 4) is 5.75 Å². The monoisotopic (exact) mass is 256 g/mol. The van der Waals surface area contributed by atoms with Gasteiger partial charge in [0.1, 0.15) is 0 Å². The van der Waals surface area contributed by atoms with Gasteiger partial charge in [-0.3, -0.25) is 4.98 Å². The zero-order valence-corrected chi connectivity index (χ0v) is 9.37. The highest BCUT2D eigenvalue weighted by atomic mass is 19.4. The molecule has 2 aromatic rings. The van der Waals surface area contributed by atoms with Crippen molar-refractivity contribution in [2.75, 3.05) is 12.3 Å². The summed E-state index contributed by atoms with van der Waals surface area (Å²) >= 11 is 0. The summed E-state index contributed by atoms with van der Waals surface area (Å²) in [7, 11) is 0. The average Bonchev–Trinajstić information content (AvgIpc) is 2.31. The number of hydrogen-bond acceptors (Lipinski definition) is 3. The average molecular weight is 256 g/mol. The minimum Gasteiger partial charge on any atom is -0.490 e. The number of aromatic nitrogens is 1. The van der Waals surface area contributed by atoms with Crippen LogP contribution in [-0.4, -0.2) is 17.8 Å². The minimum absolute atomic E-state index is 0.232. The first kappa shape index (κ1) is 12.5. The van der Waals surface area contributed by atoms with Crippen molar-refractivity contribution in [1.82, 2.24) is 4.98 Å². The van der Waals surface area contributed by atoms with Gasteiger partial charge in [0, 0.05) is 5.39 Å². The quantitative estimate of drug-likeness (QED) is 0.917. The van der Waals surface area contributed by atoms with Gasteiger partial charge in [-0.2, -0.15) is 13.2 Å². The molecule has 1 heterocycles. The van der Waals surface area contributed by atoms with Gasteiger partial charge in [-0.15, -0.1) is 0 Å². The molecule has 2 rings (SSSR count). The SMILES string of the molecule is Nc1cnc2ccccc2c1OCCC(F)(F)F. The Kier molecular flexibility index (Phi) is 3.27. The van der Waals surface area contributed by atoms with E-state index in [1.165, 1.54) is 6.20 Å². The molecule has 0 aliphatic heterocycles. The van der Waals surface area contributed by atoms with Gasteiger partial charge in [-0.25, -0.2) is 0 Å². The van der Waals surface area contributed by atoms with Crippen LogP contribution in [0.3, 0.4) is 0 Å². The lowest BCUT2D eigenvalue weighted by molar-refractivity contribution is -0.139. The van der Waals surface area contributed by atoms with Gasteiger partial charge < -0.3 is 10.5 Å². The largest absolute Gasteiger partial charge is 0.490 e. The molecule has 0 amide bonds. The van der Waals surface area contributed by atoms with Crippen LogP contribution in [0.1, 0.15) is 6.42 Å². The van der Waals surface area contributed by atoms with E-state index in [2.05, 4.69) is 4.98 Å². The number of nitrogen functional groups attached to an aromatic ring is 1. The lowest BCUT2D eigenvalue weighted by atomic mass is 10.2. The Morgan fingerprint density at radius 2 is 1.94 bits per heavy atom. The molecule has 0 bridgehead atoms. The van der Waals surface area contributed by atoms with Gasteiger partial charge in [0.15, 0.2) is 5.75 Å². The summed E-state index contributed by atoms with van der Waals surface area (Å²) in [6.45, 7) is -0.457. The van der Waals surface area contributed by atoms with Gasteiger partial charge in [0.25, 0.3) is 0 Å². The Morgan fingerprint density at radius 3 is 2.67 bits per heavy atom. The predicted octanol–water partition coefficient (Wildman–Crippen LogP) is 3.15. The van der Waals surface area contributed by atoms with Crippen LogP contribution < -0.4 is 10.5 Å². The lowest BCUT2D eigenvalue weighted by Crippen LogP contribution is -2.13. The molecule has 1 aromatic heterocycles. The molecule has 0 saturated carbocycles. The molecule has 0 aliphatic rings. The van der Waals surface area contributed by atoms with E-state index in [9.17, 15) is 13.2 Å². The van der Waals surface area contributed by atoms with Crippen LogP contribution in [0.15, 0.2) is 30.5 Å². The number of benzene rings is 1. The highest BCUT2D eigenvalue weighted by Crippen LogP contribution is 2.30. The first-order valence-corrected chi connectivity index (χ1v) is 5.30. The number of alkyl halides is 3. The molecule has 0 atom stereocenters. The molecule has 0 spiro atoms. The Labute approximate surface area is 101 Å². The molecule has 0 radical (unpaired) electrons. The van der Waals surface area contributed by atoms with Gasteiger partial charge in [-0.05, 0) is 12.1 Å². The molecule has 2 N–H and O–H groups in total. The number of nitrogens with zero attached hydrogens (tertiary/aromatic N) is 1. The van der Waals surface area contributed by atoms with E-state index in [-0.39, 0.29) is 11.4 Å². The van der Waals surface area contributed by atoms with Crippen molar-refractivity contribution in [3.63, 3.8) is 0 Å². The minimum atomic E-state index is -4.24. The molecule has 6 heteroatoms. The van der Waals surface area contributed by atoms with Crippen LogP contribution in [0.2, 0.25) is 0 Å². The second-order valence-corrected chi connectivity index (χ2v) is 3.77. The van der Waals surface area contributed by atoms with Gasteiger partial charge in [0.2, 0.25) is 0 Å². The summed E-state index contributed by atoms with van der Waals surface area (Å²) in [5, 5.41) is 0.611. The van der Waals surface area contributed by atoms with Gasteiger partial charge in [0.05, 0.1) is 30.4 Å². The summed E-state index contributed by atoms with van der Waals surface area (Å²) in [6, 6.07) is 6.98. The number of para-hydroxylation sites is 1. The number of ether oxygens (including phenoxy) is 1. The maximum atomic E-state index is 12.0. The fraction of sp³-hybridized carbons (Fsp3) is 0.250. The molecule has 0 aliphatic carbocycles. The molecule has 96 valence electrons. The zero-order valence-electron chi connectivity index (χ0n) is 9.37. The number of nitrogens with two attached hydrogens (primary N) is 1. The summed E-state index contributed by atoms with van der Waals surface area (Å²) in [5.74, 6) is 0.254. The van der Waals surface area contributed by atoms with Crippen molar-refractivity contribution in [3.05, 3.63) is 30.5 Å². The van der Waals surface area contributed by atoms with E-state index in [0.29, 0.717) is 10.9 Å². The van der Waals surface area contributed by atoms with Gasteiger partial charge in [-0.1, -0.05) is 12.1 Å². The Bertz CT molecular complexity index is 555. The second kappa shape index (κ2) is 4.72. The van der Waals surface area contributed by atoms with E-state index in [1.54, 1.807) is 24.3 Å². The molecule has 0 unspecified atom stereocenters. The van der Waals surface area contributed by atoms with Crippen LogP contribution >= 0.6 is 0 Å². The molecule has 18 heavy (non-hydrogen) atoms. The summed E-state index contributed by atoms with van der Waals surface area (Å²) in [6.07, 6.45) is -3.87. The van der Waals surface area contributed by atoms with Crippen LogP contribution in [-0.2, 0) is 0 Å². The second-order valence-electron chi connectivity index (χ2n) is 3.77. The fourth-order valence-corrected chi connectivity index (χ4v) is 1.56. The molecule has 1 aromatic carbocycles. The molecule has 3 nitrogen and oxygen atoms in total. The Balaban J connectivity index is 2.24. The number of fused-ring (bicyclic) bond motifs is 1. The van der Waals surface area contributed by atoms with Crippen LogP contribution in [0.25, 0.3) is 10.9 Å². The number of halogens is 3. The molecule has 0 saturated heterocycles.